The van der Waals surface area contributed by atoms with Gasteiger partial charge in [0.05, 0.1) is 13.2 Å². The van der Waals surface area contributed by atoms with Gasteiger partial charge in [0.2, 0.25) is 0 Å². The van der Waals surface area contributed by atoms with E-state index in [4.69, 9.17) is 15.3 Å². The minimum Gasteiger partial charge on any atom is -0.400 e. The molecule has 0 saturated carbocycles. The van der Waals surface area contributed by atoms with Crippen molar-refractivity contribution in [3.63, 3.8) is 0 Å². The Morgan fingerprint density at radius 3 is 1.14 bits per heavy atom. The summed E-state index contributed by atoms with van der Waals surface area (Å²) in [6.07, 6.45) is 0. The first-order valence-corrected chi connectivity index (χ1v) is 1.58. The van der Waals surface area contributed by atoms with E-state index in [1.807, 2.05) is 0 Å². The molecule has 0 atom stereocenters. The Labute approximate surface area is 55.7 Å². The van der Waals surface area contributed by atoms with Crippen molar-refractivity contribution >= 4 is 0 Å². The van der Waals surface area contributed by atoms with Gasteiger partial charge in [-0.05, 0) is 0 Å². The molecule has 0 heterocycles. The topological polar surface area (TPSA) is 60.7 Å². The van der Waals surface area contributed by atoms with Crippen molar-refractivity contribution in [3.8, 4) is 0 Å². The Morgan fingerprint density at radius 1 is 1.00 bits per heavy atom. The van der Waals surface area contributed by atoms with E-state index in [-0.39, 0.29) is 32.7 Å². The fourth-order valence-corrected chi connectivity index (χ4v) is 0. The Balaban J connectivity index is -0.0000000480. The first kappa shape index (κ1) is 15.6. The van der Waals surface area contributed by atoms with E-state index in [0.717, 1.165) is 7.11 Å². The fourth-order valence-electron chi connectivity index (χ4n) is 0. The number of hydrogen-bond acceptors (Lipinski definition) is 3. The van der Waals surface area contributed by atoms with E-state index in [1.165, 1.54) is 0 Å². The Kier molecular flexibility index (Phi) is 70.3. The molecule has 0 fully saturated rings. The van der Waals surface area contributed by atoms with Crippen molar-refractivity contribution in [1.82, 2.24) is 0 Å². The molecule has 0 aliphatic rings. The van der Waals surface area contributed by atoms with Crippen LogP contribution in [-0.2, 0) is 19.5 Å². The van der Waals surface area contributed by atoms with Crippen LogP contribution in [0.4, 0.5) is 0 Å². The maximum atomic E-state index is 7.62. The van der Waals surface area contributed by atoms with Gasteiger partial charge in [-0.3, -0.25) is 0 Å². The molecule has 7 heavy (non-hydrogen) atoms. The van der Waals surface area contributed by atoms with Gasteiger partial charge in [-0.25, -0.2) is 0 Å². The quantitative estimate of drug-likeness (QED) is 0.452. The first-order chi connectivity index (χ1) is 2.91. The summed E-state index contributed by atoms with van der Waals surface area (Å²) in [6.45, 7) is -0.250. The molecule has 0 aliphatic carbocycles. The summed E-state index contributed by atoms with van der Waals surface area (Å²) in [7, 11) is 1.00. The molecular weight excluding hydrogens is 187 g/mol. The van der Waals surface area contributed by atoms with E-state index in [1.54, 1.807) is 0 Å². The van der Waals surface area contributed by atoms with Crippen LogP contribution < -0.4 is 0 Å². The molecule has 0 saturated heterocycles. The molecular formula is C3H10O3Rh. The van der Waals surface area contributed by atoms with Gasteiger partial charge in [0.15, 0.2) is 0 Å². The van der Waals surface area contributed by atoms with Gasteiger partial charge in [-0.1, -0.05) is 0 Å². The normalized spacial score (nSPS) is 5.14. The van der Waals surface area contributed by atoms with Crippen LogP contribution in [0.3, 0.4) is 0 Å². The summed E-state index contributed by atoms with van der Waals surface area (Å²) >= 11 is 0. The molecule has 0 aliphatic heterocycles. The summed E-state index contributed by atoms with van der Waals surface area (Å²) in [6, 6.07) is 0. The summed E-state index contributed by atoms with van der Waals surface area (Å²) in [5.41, 5.74) is 0. The van der Waals surface area contributed by atoms with Gasteiger partial charge in [-0.15, -0.1) is 0 Å². The average Bonchev–Trinajstić information content (AvgIpc) is 1.72. The summed E-state index contributed by atoms with van der Waals surface area (Å²) < 4.78 is 0. The molecule has 0 aromatic heterocycles. The molecule has 4 heteroatoms. The molecule has 1 radical (unpaired) electrons. The van der Waals surface area contributed by atoms with Crippen LogP contribution in [0.1, 0.15) is 0 Å². The van der Waals surface area contributed by atoms with Crippen LogP contribution in [0.25, 0.3) is 0 Å². The van der Waals surface area contributed by atoms with Crippen molar-refractivity contribution < 1.29 is 34.8 Å². The molecule has 0 aromatic rings. The van der Waals surface area contributed by atoms with Crippen LogP contribution >= 0.6 is 0 Å². The number of rotatable bonds is 1. The van der Waals surface area contributed by atoms with Crippen LogP contribution in [-0.4, -0.2) is 35.6 Å². The zero-order valence-electron chi connectivity index (χ0n) is 4.09. The first-order valence-electron chi connectivity index (χ1n) is 1.58. The maximum Gasteiger partial charge on any atom is 0.0662 e. The standard InChI is InChI=1S/C2H6O2.CH4O.Rh/c3-1-2-4;1-2;/h3-4H,1-2H2;2H,1H3;. The van der Waals surface area contributed by atoms with E-state index in [0.29, 0.717) is 0 Å². The third kappa shape index (κ3) is 58.4. The predicted molar refractivity (Wildman–Crippen MR) is 22.3 cm³/mol. The third-order valence-corrected chi connectivity index (χ3v) is 0.1000. The summed E-state index contributed by atoms with van der Waals surface area (Å²) in [5, 5.41) is 22.2. The van der Waals surface area contributed by atoms with Crippen LogP contribution in [0.5, 0.6) is 0 Å². The Morgan fingerprint density at radius 2 is 1.14 bits per heavy atom. The van der Waals surface area contributed by atoms with Crippen LogP contribution in [0.2, 0.25) is 0 Å². The van der Waals surface area contributed by atoms with Crippen molar-refractivity contribution in [2.75, 3.05) is 20.3 Å². The summed E-state index contributed by atoms with van der Waals surface area (Å²) in [4.78, 5) is 0. The minimum absolute atomic E-state index is 0. The predicted octanol–water partition coefficient (Wildman–Crippen LogP) is -1.42. The Hall–Kier alpha value is 0.503. The molecule has 0 aromatic carbocycles. The van der Waals surface area contributed by atoms with Gasteiger partial charge in [0.1, 0.15) is 0 Å². The van der Waals surface area contributed by atoms with E-state index >= 15 is 0 Å². The zero-order valence-corrected chi connectivity index (χ0v) is 5.73. The number of aliphatic hydroxyl groups excluding tert-OH is 3. The Bertz CT molecular complexity index is 12.1. The second-order valence-corrected chi connectivity index (χ2v) is 0.447. The zero-order chi connectivity index (χ0) is 5.41. The maximum absolute atomic E-state index is 7.62. The van der Waals surface area contributed by atoms with Gasteiger partial charge >= 0.3 is 0 Å². The average molecular weight is 197 g/mol. The minimum atomic E-state index is -0.125. The van der Waals surface area contributed by atoms with Crippen molar-refractivity contribution in [2.24, 2.45) is 0 Å². The monoisotopic (exact) mass is 197 g/mol. The second-order valence-electron chi connectivity index (χ2n) is 0.447. The molecule has 49 valence electrons. The largest absolute Gasteiger partial charge is 0.400 e. The van der Waals surface area contributed by atoms with Crippen LogP contribution in [0, 0.1) is 0 Å². The van der Waals surface area contributed by atoms with Gasteiger partial charge in [0, 0.05) is 26.6 Å². The van der Waals surface area contributed by atoms with E-state index < -0.39 is 0 Å². The number of hydrogen-bond donors (Lipinski definition) is 3. The van der Waals surface area contributed by atoms with Gasteiger partial charge < -0.3 is 15.3 Å². The molecule has 0 bridgehead atoms. The van der Waals surface area contributed by atoms with Crippen molar-refractivity contribution in [3.05, 3.63) is 0 Å². The third-order valence-electron chi connectivity index (χ3n) is 0.1000. The molecule has 0 amide bonds. The number of aliphatic hydroxyl groups is 3. The molecule has 3 N–H and O–H groups in total. The van der Waals surface area contributed by atoms with Crippen LogP contribution in [0.15, 0.2) is 0 Å². The summed E-state index contributed by atoms with van der Waals surface area (Å²) in [5.74, 6) is 0. The molecule has 0 rings (SSSR count). The molecule has 0 spiro atoms. The van der Waals surface area contributed by atoms with Crippen molar-refractivity contribution in [1.29, 1.82) is 0 Å². The fraction of sp³-hybridized carbons (Fsp3) is 1.00. The van der Waals surface area contributed by atoms with Crippen molar-refractivity contribution in [2.45, 2.75) is 0 Å². The van der Waals surface area contributed by atoms with E-state index in [2.05, 4.69) is 0 Å². The van der Waals surface area contributed by atoms with Gasteiger partial charge in [-0.2, -0.15) is 0 Å². The smallest absolute Gasteiger partial charge is 0.0662 e. The molecule has 0 unspecified atom stereocenters. The second kappa shape index (κ2) is 31.4. The molecule has 3 nitrogen and oxygen atoms in total. The SMILES string of the molecule is CO.OCCO.[Rh]. The van der Waals surface area contributed by atoms with Gasteiger partial charge in [0.25, 0.3) is 0 Å². The van der Waals surface area contributed by atoms with E-state index in [9.17, 15) is 0 Å².